The maximum atomic E-state index is 12.3. The van der Waals surface area contributed by atoms with Gasteiger partial charge in [0.25, 0.3) is 0 Å². The first-order valence-electron chi connectivity index (χ1n) is 8.01. The van der Waals surface area contributed by atoms with E-state index in [9.17, 15) is 20.1 Å². The summed E-state index contributed by atoms with van der Waals surface area (Å²) in [5, 5.41) is 29.3. The molecule has 0 bridgehead atoms. The number of benzene rings is 2. The molecule has 3 rings (SSSR count). The van der Waals surface area contributed by atoms with Gasteiger partial charge in [-0.25, -0.2) is 0 Å². The van der Waals surface area contributed by atoms with E-state index in [0.29, 0.717) is 0 Å². The Hall–Kier alpha value is -2.79. The van der Waals surface area contributed by atoms with Crippen molar-refractivity contribution >= 4 is 11.9 Å². The summed E-state index contributed by atoms with van der Waals surface area (Å²) in [5.74, 6) is -0.336. The molecule has 0 aliphatic carbocycles. The predicted molar refractivity (Wildman–Crippen MR) is 94.0 cm³/mol. The Labute approximate surface area is 145 Å². The molecule has 1 aliphatic rings. The number of ether oxygens (including phenoxy) is 1. The lowest BCUT2D eigenvalue weighted by atomic mass is 9.96. The van der Waals surface area contributed by atoms with Crippen LogP contribution in [-0.4, -0.2) is 32.8 Å². The number of phenolic OH excluding ortho intramolecular Hbond substituents is 2. The zero-order valence-corrected chi connectivity index (χ0v) is 14.1. The molecular formula is C20H20O5. The molecule has 2 aromatic rings. The molecule has 0 amide bonds. The molecule has 0 fully saturated rings. The van der Waals surface area contributed by atoms with Gasteiger partial charge in [-0.1, -0.05) is 12.1 Å². The summed E-state index contributed by atoms with van der Waals surface area (Å²) in [4.78, 5) is 12.3. The SMILES string of the molecule is CC1(C)C=Cc2cc(C[C@@H](O)C(=O)c3ccc(O)cc3O)ccc2O1. The van der Waals surface area contributed by atoms with Crippen molar-refractivity contribution < 1.29 is 24.9 Å². The van der Waals surface area contributed by atoms with E-state index in [4.69, 9.17) is 4.74 Å². The van der Waals surface area contributed by atoms with E-state index < -0.39 is 11.9 Å². The van der Waals surface area contributed by atoms with Crippen LogP contribution in [0, 0.1) is 0 Å². The van der Waals surface area contributed by atoms with Crippen LogP contribution in [-0.2, 0) is 6.42 Å². The highest BCUT2D eigenvalue weighted by molar-refractivity contribution is 6.01. The highest BCUT2D eigenvalue weighted by Crippen LogP contribution is 2.32. The Morgan fingerprint density at radius 2 is 1.92 bits per heavy atom. The fourth-order valence-corrected chi connectivity index (χ4v) is 2.78. The van der Waals surface area contributed by atoms with Gasteiger partial charge in [-0.2, -0.15) is 0 Å². The number of aliphatic hydroxyl groups is 1. The van der Waals surface area contributed by atoms with E-state index in [1.165, 1.54) is 12.1 Å². The number of carbonyl (C=O) groups is 1. The first kappa shape index (κ1) is 17.0. The van der Waals surface area contributed by atoms with Gasteiger partial charge in [-0.05, 0) is 49.8 Å². The number of phenols is 2. The Morgan fingerprint density at radius 1 is 1.16 bits per heavy atom. The molecule has 0 aromatic heterocycles. The van der Waals surface area contributed by atoms with E-state index in [-0.39, 0.29) is 29.1 Å². The largest absolute Gasteiger partial charge is 0.508 e. The van der Waals surface area contributed by atoms with E-state index >= 15 is 0 Å². The number of hydrogen-bond acceptors (Lipinski definition) is 5. The van der Waals surface area contributed by atoms with Crippen LogP contribution in [0.4, 0.5) is 0 Å². The van der Waals surface area contributed by atoms with Gasteiger partial charge in [-0.15, -0.1) is 0 Å². The Kier molecular flexibility index (Phi) is 4.27. The maximum absolute atomic E-state index is 12.3. The smallest absolute Gasteiger partial charge is 0.195 e. The summed E-state index contributed by atoms with van der Waals surface area (Å²) in [6, 6.07) is 9.16. The van der Waals surface area contributed by atoms with Gasteiger partial charge in [0, 0.05) is 18.1 Å². The average Bonchev–Trinajstić information content (AvgIpc) is 2.54. The first-order valence-corrected chi connectivity index (χ1v) is 8.01. The lowest BCUT2D eigenvalue weighted by molar-refractivity contribution is 0.0745. The van der Waals surface area contributed by atoms with Crippen LogP contribution in [0.3, 0.4) is 0 Å². The van der Waals surface area contributed by atoms with Crippen LogP contribution in [0.15, 0.2) is 42.5 Å². The maximum Gasteiger partial charge on any atom is 0.195 e. The second-order valence-corrected chi connectivity index (χ2v) is 6.70. The Morgan fingerprint density at radius 3 is 2.64 bits per heavy atom. The number of rotatable bonds is 4. The van der Waals surface area contributed by atoms with Gasteiger partial charge >= 0.3 is 0 Å². The van der Waals surface area contributed by atoms with Gasteiger partial charge in [0.05, 0.1) is 5.56 Å². The number of hydrogen-bond donors (Lipinski definition) is 3. The molecule has 25 heavy (non-hydrogen) atoms. The minimum absolute atomic E-state index is 0.0201. The molecule has 2 aromatic carbocycles. The van der Waals surface area contributed by atoms with Crippen molar-refractivity contribution in [3.8, 4) is 17.2 Å². The second-order valence-electron chi connectivity index (χ2n) is 6.70. The molecule has 1 heterocycles. The zero-order valence-electron chi connectivity index (χ0n) is 14.1. The molecule has 0 saturated heterocycles. The summed E-state index contributed by atoms with van der Waals surface area (Å²) in [6.45, 7) is 3.93. The second kappa shape index (κ2) is 6.26. The fourth-order valence-electron chi connectivity index (χ4n) is 2.78. The van der Waals surface area contributed by atoms with Crippen molar-refractivity contribution in [3.63, 3.8) is 0 Å². The number of aromatic hydroxyl groups is 2. The number of ketones is 1. The minimum atomic E-state index is -1.29. The van der Waals surface area contributed by atoms with Crippen LogP contribution in [0.1, 0.15) is 35.3 Å². The first-order chi connectivity index (χ1) is 11.7. The molecule has 5 nitrogen and oxygen atoms in total. The minimum Gasteiger partial charge on any atom is -0.508 e. The van der Waals surface area contributed by atoms with Gasteiger partial charge in [0.15, 0.2) is 5.78 Å². The van der Waals surface area contributed by atoms with Crippen LogP contribution < -0.4 is 4.74 Å². The average molecular weight is 340 g/mol. The molecule has 130 valence electrons. The third-order valence-corrected chi connectivity index (χ3v) is 4.09. The lowest BCUT2D eigenvalue weighted by Gasteiger charge is -2.28. The van der Waals surface area contributed by atoms with Crippen LogP contribution in [0.25, 0.3) is 6.08 Å². The molecule has 3 N–H and O–H groups in total. The molecular weight excluding hydrogens is 320 g/mol. The molecule has 1 atom stereocenters. The molecule has 0 unspecified atom stereocenters. The molecule has 1 aliphatic heterocycles. The zero-order chi connectivity index (χ0) is 18.2. The molecule has 0 radical (unpaired) electrons. The normalized spacial score (nSPS) is 16.0. The van der Waals surface area contributed by atoms with Crippen molar-refractivity contribution in [1.29, 1.82) is 0 Å². The van der Waals surface area contributed by atoms with Crippen molar-refractivity contribution in [1.82, 2.24) is 0 Å². The Balaban J connectivity index is 1.77. The topological polar surface area (TPSA) is 87.0 Å². The highest BCUT2D eigenvalue weighted by Gasteiger charge is 2.24. The van der Waals surface area contributed by atoms with E-state index in [1.54, 1.807) is 6.07 Å². The van der Waals surface area contributed by atoms with Crippen molar-refractivity contribution in [3.05, 3.63) is 59.2 Å². The molecule has 0 spiro atoms. The van der Waals surface area contributed by atoms with Crippen LogP contribution in [0.2, 0.25) is 0 Å². The number of fused-ring (bicyclic) bond motifs is 1. The van der Waals surface area contributed by atoms with Gasteiger partial charge in [-0.3, -0.25) is 4.79 Å². The standard InChI is InChI=1S/C20H20O5/c1-20(2)8-7-13-9-12(3-6-18(13)25-20)10-17(23)19(24)15-5-4-14(21)11-16(15)22/h3-9,11,17,21-23H,10H2,1-2H3/t17-/m1/s1. The van der Waals surface area contributed by atoms with Crippen molar-refractivity contribution in [2.45, 2.75) is 32.0 Å². The summed E-state index contributed by atoms with van der Waals surface area (Å²) in [7, 11) is 0. The van der Waals surface area contributed by atoms with Crippen LogP contribution >= 0.6 is 0 Å². The quantitative estimate of drug-likeness (QED) is 0.745. The summed E-state index contributed by atoms with van der Waals surface area (Å²) < 4.78 is 5.85. The monoisotopic (exact) mass is 340 g/mol. The van der Waals surface area contributed by atoms with E-state index in [2.05, 4.69) is 0 Å². The summed E-state index contributed by atoms with van der Waals surface area (Å²) >= 11 is 0. The fraction of sp³-hybridized carbons (Fsp3) is 0.250. The van der Waals surface area contributed by atoms with Crippen molar-refractivity contribution in [2.75, 3.05) is 0 Å². The summed E-state index contributed by atoms with van der Waals surface area (Å²) in [5.41, 5.74) is 1.29. The third kappa shape index (κ3) is 3.67. The van der Waals surface area contributed by atoms with Gasteiger partial charge < -0.3 is 20.1 Å². The molecule has 0 saturated carbocycles. The number of carbonyl (C=O) groups excluding carboxylic acids is 1. The van der Waals surface area contributed by atoms with Gasteiger partial charge in [0.1, 0.15) is 29.0 Å². The Bertz CT molecular complexity index is 851. The number of aliphatic hydroxyl groups excluding tert-OH is 1. The summed E-state index contributed by atoms with van der Waals surface area (Å²) in [6.07, 6.45) is 2.74. The van der Waals surface area contributed by atoms with E-state index in [0.717, 1.165) is 22.9 Å². The molecule has 5 heteroatoms. The number of Topliss-reactive ketones (excluding diaryl/α,β-unsaturated/α-hetero) is 1. The lowest BCUT2D eigenvalue weighted by Crippen LogP contribution is -2.27. The van der Waals surface area contributed by atoms with Crippen molar-refractivity contribution in [2.24, 2.45) is 0 Å². The van der Waals surface area contributed by atoms with Gasteiger partial charge in [0.2, 0.25) is 0 Å². The van der Waals surface area contributed by atoms with Crippen LogP contribution in [0.5, 0.6) is 17.2 Å². The third-order valence-electron chi connectivity index (χ3n) is 4.09. The van der Waals surface area contributed by atoms with E-state index in [1.807, 2.05) is 38.1 Å². The predicted octanol–water partition coefficient (Wildman–Crippen LogP) is 3.07. The highest BCUT2D eigenvalue weighted by atomic mass is 16.5.